The quantitative estimate of drug-likeness (QED) is 0.913. The normalized spacial score (nSPS) is 23.6. The number of hydrogen-bond donors (Lipinski definition) is 1. The highest BCUT2D eigenvalue weighted by atomic mass is 16.5. The van der Waals surface area contributed by atoms with Crippen LogP contribution in [0.3, 0.4) is 0 Å². The third-order valence-electron chi connectivity index (χ3n) is 4.06. The molecule has 1 aromatic heterocycles. The van der Waals surface area contributed by atoms with E-state index in [1.54, 1.807) is 0 Å². The molecule has 0 bridgehead atoms. The highest BCUT2D eigenvalue weighted by Gasteiger charge is 2.22. The monoisotopic (exact) mass is 277 g/mol. The third-order valence-corrected chi connectivity index (χ3v) is 4.06. The molecule has 0 saturated heterocycles. The summed E-state index contributed by atoms with van der Waals surface area (Å²) in [4.78, 5) is 4.63. The van der Waals surface area contributed by atoms with Crippen molar-refractivity contribution in [2.24, 2.45) is 5.92 Å². The van der Waals surface area contributed by atoms with Crippen LogP contribution in [0, 0.1) is 5.92 Å². The van der Waals surface area contributed by atoms with Gasteiger partial charge in [-0.05, 0) is 43.2 Å². The molecule has 0 aliphatic heterocycles. The van der Waals surface area contributed by atoms with E-state index in [-0.39, 0.29) is 18.1 Å². The molecule has 1 aliphatic rings. The minimum absolute atomic E-state index is 0.0314. The van der Waals surface area contributed by atoms with Gasteiger partial charge in [0.15, 0.2) is 0 Å². The molecule has 0 aromatic carbocycles. The fourth-order valence-corrected chi connectivity index (χ4v) is 2.61. The van der Waals surface area contributed by atoms with E-state index in [2.05, 4.69) is 32.7 Å². The molecular weight excluding hydrogens is 250 g/mol. The van der Waals surface area contributed by atoms with Crippen molar-refractivity contribution >= 4 is 0 Å². The predicted molar refractivity (Wildman–Crippen MR) is 80.9 cm³/mol. The third kappa shape index (κ3) is 3.95. The molecule has 1 saturated carbocycles. The lowest BCUT2D eigenvalue weighted by Crippen LogP contribution is -2.24. The van der Waals surface area contributed by atoms with E-state index in [0.29, 0.717) is 5.88 Å². The van der Waals surface area contributed by atoms with Crippen molar-refractivity contribution in [2.45, 2.75) is 71.5 Å². The molecule has 1 heterocycles. The molecule has 0 spiro atoms. The second-order valence-electron chi connectivity index (χ2n) is 7.11. The van der Waals surface area contributed by atoms with Gasteiger partial charge in [0.2, 0.25) is 5.88 Å². The van der Waals surface area contributed by atoms with Gasteiger partial charge in [0.05, 0.1) is 12.3 Å². The van der Waals surface area contributed by atoms with Crippen LogP contribution in [0.1, 0.15) is 64.6 Å². The summed E-state index contributed by atoms with van der Waals surface area (Å²) < 4.78 is 6.06. The van der Waals surface area contributed by atoms with Gasteiger partial charge in [0, 0.05) is 11.5 Å². The van der Waals surface area contributed by atoms with E-state index in [1.165, 1.54) is 12.8 Å². The molecule has 1 N–H and O–H groups in total. The second-order valence-corrected chi connectivity index (χ2v) is 7.11. The van der Waals surface area contributed by atoms with E-state index in [1.807, 2.05) is 12.1 Å². The highest BCUT2D eigenvalue weighted by molar-refractivity contribution is 5.28. The van der Waals surface area contributed by atoms with E-state index in [0.717, 1.165) is 30.0 Å². The van der Waals surface area contributed by atoms with Gasteiger partial charge in [-0.25, -0.2) is 4.98 Å². The molecule has 112 valence electrons. The molecule has 2 rings (SSSR count). The number of pyridine rings is 1. The summed E-state index contributed by atoms with van der Waals surface area (Å²) >= 11 is 0. The Labute approximate surface area is 122 Å². The lowest BCUT2D eigenvalue weighted by molar-refractivity contribution is 0.129. The van der Waals surface area contributed by atoms with Gasteiger partial charge in [-0.2, -0.15) is 0 Å². The number of hydrogen-bond acceptors (Lipinski definition) is 3. The van der Waals surface area contributed by atoms with Crippen LogP contribution in [0.2, 0.25) is 0 Å². The van der Waals surface area contributed by atoms with Gasteiger partial charge in [-0.3, -0.25) is 0 Å². The Kier molecular flexibility index (Phi) is 4.69. The van der Waals surface area contributed by atoms with Crippen LogP contribution in [-0.4, -0.2) is 16.2 Å². The summed E-state index contributed by atoms with van der Waals surface area (Å²) in [5.41, 5.74) is 1.82. The van der Waals surface area contributed by atoms with Crippen molar-refractivity contribution in [3.05, 3.63) is 23.4 Å². The Hall–Kier alpha value is -1.09. The Balaban J connectivity index is 2.14. The standard InChI is InChI=1S/C17H27NO2/c1-12-5-7-14(8-6-12)20-16-10-13(11-19)9-15(18-16)17(2,3)4/h9-10,12,14,19H,5-8,11H2,1-4H3. The van der Waals surface area contributed by atoms with Gasteiger partial charge in [0.1, 0.15) is 6.10 Å². The molecule has 0 atom stereocenters. The maximum Gasteiger partial charge on any atom is 0.214 e. The molecule has 1 aromatic rings. The summed E-state index contributed by atoms with van der Waals surface area (Å²) in [6.07, 6.45) is 4.96. The Morgan fingerprint density at radius 2 is 1.85 bits per heavy atom. The van der Waals surface area contributed by atoms with Crippen molar-refractivity contribution in [1.82, 2.24) is 4.98 Å². The van der Waals surface area contributed by atoms with E-state index in [9.17, 15) is 5.11 Å². The van der Waals surface area contributed by atoms with Crippen molar-refractivity contribution < 1.29 is 9.84 Å². The first-order valence-electron chi connectivity index (χ1n) is 7.67. The number of nitrogens with zero attached hydrogens (tertiary/aromatic N) is 1. The van der Waals surface area contributed by atoms with E-state index >= 15 is 0 Å². The molecule has 1 aliphatic carbocycles. The molecule has 3 heteroatoms. The Bertz CT molecular complexity index is 443. The van der Waals surface area contributed by atoms with Crippen molar-refractivity contribution in [3.8, 4) is 5.88 Å². The lowest BCUT2D eigenvalue weighted by Gasteiger charge is -2.27. The number of ether oxygens (including phenoxy) is 1. The highest BCUT2D eigenvalue weighted by Crippen LogP contribution is 2.29. The minimum Gasteiger partial charge on any atom is -0.474 e. The average Bonchev–Trinajstić information content (AvgIpc) is 2.40. The van der Waals surface area contributed by atoms with Crippen LogP contribution in [0.4, 0.5) is 0 Å². The van der Waals surface area contributed by atoms with Crippen LogP contribution >= 0.6 is 0 Å². The van der Waals surface area contributed by atoms with Gasteiger partial charge in [-0.15, -0.1) is 0 Å². The molecule has 1 fully saturated rings. The summed E-state index contributed by atoms with van der Waals surface area (Å²) in [5.74, 6) is 1.48. The molecule has 0 radical (unpaired) electrons. The van der Waals surface area contributed by atoms with Crippen molar-refractivity contribution in [3.63, 3.8) is 0 Å². The van der Waals surface area contributed by atoms with Gasteiger partial charge >= 0.3 is 0 Å². The molecular formula is C17H27NO2. The Morgan fingerprint density at radius 3 is 2.40 bits per heavy atom. The fourth-order valence-electron chi connectivity index (χ4n) is 2.61. The van der Waals surface area contributed by atoms with E-state index in [4.69, 9.17) is 4.74 Å². The SMILES string of the molecule is CC1CCC(Oc2cc(CO)cc(C(C)(C)C)n2)CC1. The number of aliphatic hydroxyl groups excluding tert-OH is 1. The first kappa shape index (κ1) is 15.3. The summed E-state index contributed by atoms with van der Waals surface area (Å²) in [5, 5.41) is 9.41. The first-order valence-corrected chi connectivity index (χ1v) is 7.67. The maximum absolute atomic E-state index is 9.41. The van der Waals surface area contributed by atoms with Crippen molar-refractivity contribution in [2.75, 3.05) is 0 Å². The summed E-state index contributed by atoms with van der Waals surface area (Å²) in [6.45, 7) is 8.72. The van der Waals surface area contributed by atoms with Gasteiger partial charge in [0.25, 0.3) is 0 Å². The fraction of sp³-hybridized carbons (Fsp3) is 0.706. The summed E-state index contributed by atoms with van der Waals surface area (Å²) in [6, 6.07) is 3.84. The molecule has 3 nitrogen and oxygen atoms in total. The molecule has 0 amide bonds. The molecule has 20 heavy (non-hydrogen) atoms. The largest absolute Gasteiger partial charge is 0.474 e. The van der Waals surface area contributed by atoms with Crippen molar-refractivity contribution in [1.29, 1.82) is 0 Å². The number of aliphatic hydroxyl groups is 1. The first-order chi connectivity index (χ1) is 9.38. The van der Waals surface area contributed by atoms with Crippen LogP contribution in [0.5, 0.6) is 5.88 Å². The zero-order chi connectivity index (χ0) is 14.8. The predicted octanol–water partition coefficient (Wildman–Crippen LogP) is 3.83. The number of rotatable bonds is 3. The van der Waals surface area contributed by atoms with E-state index < -0.39 is 0 Å². The minimum atomic E-state index is -0.0373. The topological polar surface area (TPSA) is 42.4 Å². The summed E-state index contributed by atoms with van der Waals surface area (Å²) in [7, 11) is 0. The van der Waals surface area contributed by atoms with Crippen LogP contribution in [0.15, 0.2) is 12.1 Å². The molecule has 0 unspecified atom stereocenters. The lowest BCUT2D eigenvalue weighted by atomic mass is 9.89. The van der Waals surface area contributed by atoms with Gasteiger partial charge in [-0.1, -0.05) is 27.7 Å². The zero-order valence-electron chi connectivity index (χ0n) is 13.1. The average molecular weight is 277 g/mol. The number of aromatic nitrogens is 1. The van der Waals surface area contributed by atoms with Crippen LogP contribution < -0.4 is 4.74 Å². The maximum atomic E-state index is 9.41. The van der Waals surface area contributed by atoms with Gasteiger partial charge < -0.3 is 9.84 Å². The zero-order valence-corrected chi connectivity index (χ0v) is 13.1. The second kappa shape index (κ2) is 6.13. The van der Waals surface area contributed by atoms with Crippen LogP contribution in [0.25, 0.3) is 0 Å². The smallest absolute Gasteiger partial charge is 0.214 e. The van der Waals surface area contributed by atoms with Crippen LogP contribution in [-0.2, 0) is 12.0 Å². The Morgan fingerprint density at radius 1 is 1.20 bits per heavy atom.